The normalized spacial score (nSPS) is 39.2. The molecular formula is C41H59NO2. The van der Waals surface area contributed by atoms with Crippen LogP contribution in [0.25, 0.3) is 5.57 Å². The van der Waals surface area contributed by atoms with Crippen molar-refractivity contribution in [2.24, 2.45) is 56.5 Å². The number of allylic oxidation sites excluding steroid dienone is 3. The average Bonchev–Trinajstić information content (AvgIpc) is 3.44. The molecular weight excluding hydrogens is 538 g/mol. The summed E-state index contributed by atoms with van der Waals surface area (Å²) >= 11 is 0. The van der Waals surface area contributed by atoms with Crippen LogP contribution in [0.5, 0.6) is 0 Å². The lowest BCUT2D eigenvalue weighted by molar-refractivity contribution is -0.221. The van der Waals surface area contributed by atoms with Crippen molar-refractivity contribution in [2.45, 2.75) is 106 Å². The van der Waals surface area contributed by atoms with Gasteiger partial charge in [0.1, 0.15) is 0 Å². The Hall–Kier alpha value is -2.75. The van der Waals surface area contributed by atoms with E-state index in [1.54, 1.807) is 18.2 Å². The van der Waals surface area contributed by atoms with E-state index in [2.05, 4.69) is 73.0 Å². The van der Waals surface area contributed by atoms with Crippen molar-refractivity contribution in [2.75, 3.05) is 6.54 Å². The second kappa shape index (κ2) is 13.3. The molecule has 4 saturated carbocycles. The van der Waals surface area contributed by atoms with E-state index in [-0.39, 0.29) is 5.41 Å². The number of benzene rings is 1. The van der Waals surface area contributed by atoms with Gasteiger partial charge in [-0.2, -0.15) is 0 Å². The molecule has 0 amide bonds. The highest BCUT2D eigenvalue weighted by Crippen LogP contribution is 2.76. The van der Waals surface area contributed by atoms with Crippen molar-refractivity contribution in [1.82, 2.24) is 0 Å². The number of aromatic carboxylic acids is 1. The lowest BCUT2D eigenvalue weighted by Crippen LogP contribution is -2.65. The molecule has 1 aromatic rings. The number of carboxylic acids is 1. The van der Waals surface area contributed by atoms with Gasteiger partial charge in [-0.15, -0.1) is 32.3 Å². The van der Waals surface area contributed by atoms with Crippen molar-refractivity contribution in [3.05, 3.63) is 54.1 Å². The molecule has 0 bridgehead atoms. The molecule has 0 heterocycles. The van der Waals surface area contributed by atoms with Crippen molar-refractivity contribution in [3.8, 4) is 25.7 Å². The summed E-state index contributed by atoms with van der Waals surface area (Å²) in [6, 6.07) is 7.62. The molecule has 0 aromatic heterocycles. The number of carboxylic acid groups (broad SMARTS) is 1. The van der Waals surface area contributed by atoms with Gasteiger partial charge in [-0.3, -0.25) is 0 Å². The van der Waals surface area contributed by atoms with Crippen molar-refractivity contribution >= 4 is 11.5 Å². The fourth-order valence-corrected chi connectivity index (χ4v) is 11.9. The van der Waals surface area contributed by atoms with E-state index in [9.17, 15) is 9.90 Å². The van der Waals surface area contributed by atoms with Gasteiger partial charge < -0.3 is 10.8 Å². The van der Waals surface area contributed by atoms with Gasteiger partial charge in [0.05, 0.1) is 5.56 Å². The minimum absolute atomic E-state index is 0.0730. The van der Waals surface area contributed by atoms with Crippen LogP contribution in [0.15, 0.2) is 43.0 Å². The molecule has 44 heavy (non-hydrogen) atoms. The highest BCUT2D eigenvalue weighted by Gasteiger charge is 2.69. The quantitative estimate of drug-likeness (QED) is 0.269. The summed E-state index contributed by atoms with van der Waals surface area (Å²) in [6.07, 6.45) is 33.8. The Balaban J connectivity index is 0.000000701. The maximum absolute atomic E-state index is 11.4. The van der Waals surface area contributed by atoms with Gasteiger partial charge in [-0.25, -0.2) is 4.79 Å². The van der Waals surface area contributed by atoms with E-state index >= 15 is 0 Å². The zero-order chi connectivity index (χ0) is 33.1. The summed E-state index contributed by atoms with van der Waals surface area (Å²) in [7, 11) is 0. The highest BCUT2D eigenvalue weighted by molar-refractivity contribution is 5.88. The monoisotopic (exact) mass is 597 g/mol. The van der Waals surface area contributed by atoms with Crippen LogP contribution in [0, 0.1) is 76.4 Å². The van der Waals surface area contributed by atoms with E-state index in [1.807, 2.05) is 19.1 Å². The molecule has 6 rings (SSSR count). The van der Waals surface area contributed by atoms with Crippen LogP contribution in [0.1, 0.15) is 122 Å². The van der Waals surface area contributed by atoms with Crippen LogP contribution in [0.3, 0.4) is 0 Å². The van der Waals surface area contributed by atoms with Crippen LogP contribution in [-0.4, -0.2) is 17.6 Å². The SMILES string of the molecule is C#C.C#C.C=CC.CC1(C)C(c2ccc(C(=O)O)cc2)=CC[C@@]2(C)C1CC[C@]1(C)C2CC[C@@H]2C3CCC[C@]3(CN)CC[C@]21C. The first-order chi connectivity index (χ1) is 20.8. The first-order valence-electron chi connectivity index (χ1n) is 16.8. The molecule has 1 aromatic carbocycles. The summed E-state index contributed by atoms with van der Waals surface area (Å²) in [6.45, 7) is 19.2. The van der Waals surface area contributed by atoms with E-state index in [1.165, 1.54) is 68.9 Å². The second-order valence-electron chi connectivity index (χ2n) is 15.6. The molecule has 0 saturated heterocycles. The predicted molar refractivity (Wildman–Crippen MR) is 187 cm³/mol. The van der Waals surface area contributed by atoms with Gasteiger partial charge in [-0.05, 0) is 145 Å². The molecule has 0 radical (unpaired) electrons. The van der Waals surface area contributed by atoms with Gasteiger partial charge in [0.15, 0.2) is 0 Å². The van der Waals surface area contributed by atoms with Crippen molar-refractivity contribution in [3.63, 3.8) is 0 Å². The number of carbonyl (C=O) groups is 1. The Morgan fingerprint density at radius 2 is 1.50 bits per heavy atom. The van der Waals surface area contributed by atoms with Gasteiger partial charge in [0.2, 0.25) is 0 Å². The molecule has 3 N–H and O–H groups in total. The van der Waals surface area contributed by atoms with E-state index in [4.69, 9.17) is 5.73 Å². The van der Waals surface area contributed by atoms with Gasteiger partial charge in [-0.1, -0.05) is 65.3 Å². The lowest BCUT2D eigenvalue weighted by atomic mass is 9.32. The molecule has 0 aliphatic heterocycles. The van der Waals surface area contributed by atoms with Crippen molar-refractivity contribution in [1.29, 1.82) is 0 Å². The molecule has 8 atom stereocenters. The third-order valence-corrected chi connectivity index (χ3v) is 14.0. The number of rotatable bonds is 3. The van der Waals surface area contributed by atoms with Gasteiger partial charge in [0.25, 0.3) is 0 Å². The number of nitrogens with two attached hydrogens (primary N) is 1. The molecule has 4 fully saturated rings. The van der Waals surface area contributed by atoms with Gasteiger partial charge >= 0.3 is 5.97 Å². The fraction of sp³-hybridized carbons (Fsp3) is 0.634. The Bertz CT molecular complexity index is 1250. The molecule has 3 heteroatoms. The molecule has 3 unspecified atom stereocenters. The van der Waals surface area contributed by atoms with E-state index < -0.39 is 5.97 Å². The topological polar surface area (TPSA) is 63.3 Å². The maximum atomic E-state index is 11.4. The molecule has 3 nitrogen and oxygen atoms in total. The van der Waals surface area contributed by atoms with Crippen LogP contribution in [-0.2, 0) is 0 Å². The molecule has 240 valence electrons. The van der Waals surface area contributed by atoms with Gasteiger partial charge in [0, 0.05) is 0 Å². The standard InChI is InChI=1S/C34H49NO2.C3H6.2C2H2/c1-30(2)24(22-8-10-23(11-9-22)29(36)37)14-17-31(3)27(30)15-18-33(5)28(31)13-12-25-26-7-6-16-34(26,21-35)20-19-32(25,33)4;1-3-2;2*1-2/h8-11,14,25-28H,6-7,12-13,15-21,35H2,1-5H3,(H,36,37);3H,1H2,2H3;2*1-2H/t25-,26?,27?,28?,31+,32-,33-,34-;;;/m1.../s1. The first-order valence-corrected chi connectivity index (χ1v) is 16.8. The van der Waals surface area contributed by atoms with Crippen molar-refractivity contribution < 1.29 is 9.90 Å². The number of terminal acetylenes is 2. The van der Waals surface area contributed by atoms with E-state index in [0.29, 0.717) is 33.1 Å². The van der Waals surface area contributed by atoms with Crippen LogP contribution < -0.4 is 5.73 Å². The number of fused-ring (bicyclic) bond motifs is 7. The minimum atomic E-state index is -0.851. The largest absolute Gasteiger partial charge is 0.478 e. The number of hydrogen-bond donors (Lipinski definition) is 2. The highest BCUT2D eigenvalue weighted by atomic mass is 16.4. The lowest BCUT2D eigenvalue weighted by Gasteiger charge is -2.72. The van der Waals surface area contributed by atoms with Crippen LogP contribution in [0.2, 0.25) is 0 Å². The third-order valence-electron chi connectivity index (χ3n) is 14.0. The average molecular weight is 598 g/mol. The zero-order valence-corrected chi connectivity index (χ0v) is 28.5. The predicted octanol–water partition coefficient (Wildman–Crippen LogP) is 9.88. The fourth-order valence-electron chi connectivity index (χ4n) is 11.9. The number of hydrogen-bond acceptors (Lipinski definition) is 2. The minimum Gasteiger partial charge on any atom is -0.478 e. The Morgan fingerprint density at radius 1 is 0.886 bits per heavy atom. The summed E-state index contributed by atoms with van der Waals surface area (Å²) in [5.74, 6) is 2.26. The maximum Gasteiger partial charge on any atom is 0.335 e. The summed E-state index contributed by atoms with van der Waals surface area (Å²) < 4.78 is 0. The summed E-state index contributed by atoms with van der Waals surface area (Å²) in [5, 5.41) is 9.37. The molecule has 5 aliphatic carbocycles. The Kier molecular flexibility index (Phi) is 10.8. The molecule has 5 aliphatic rings. The zero-order valence-electron chi connectivity index (χ0n) is 28.5. The Morgan fingerprint density at radius 3 is 2.07 bits per heavy atom. The Labute approximate surface area is 269 Å². The van der Waals surface area contributed by atoms with Crippen LogP contribution >= 0.6 is 0 Å². The smallest absolute Gasteiger partial charge is 0.335 e. The summed E-state index contributed by atoms with van der Waals surface area (Å²) in [4.78, 5) is 11.4. The van der Waals surface area contributed by atoms with E-state index in [0.717, 1.165) is 30.7 Å². The van der Waals surface area contributed by atoms with Crippen LogP contribution in [0.4, 0.5) is 0 Å². The first kappa shape index (κ1) is 35.7. The third kappa shape index (κ3) is 5.28. The molecule has 0 spiro atoms. The summed E-state index contributed by atoms with van der Waals surface area (Å²) in [5.41, 5.74) is 11.1. The second-order valence-corrected chi connectivity index (χ2v) is 15.6.